The molecule has 15 heavy (non-hydrogen) atoms. The average Bonchev–Trinajstić information content (AvgIpc) is 2.15. The van der Waals surface area contributed by atoms with Crippen LogP contribution in [0.25, 0.3) is 0 Å². The van der Waals surface area contributed by atoms with Crippen LogP contribution in [0.1, 0.15) is 22.6 Å². The zero-order valence-electron chi connectivity index (χ0n) is 6.99. The molecule has 0 radical (unpaired) electrons. The van der Waals surface area contributed by atoms with Crippen LogP contribution in [0.15, 0.2) is 6.07 Å². The molecule has 0 unspecified atom stereocenters. The summed E-state index contributed by atoms with van der Waals surface area (Å²) in [6.45, 7) is 0. The monoisotopic (exact) mass is 328 g/mol. The van der Waals surface area contributed by atoms with Gasteiger partial charge in [0.05, 0.1) is 8.49 Å². The van der Waals surface area contributed by atoms with Crippen molar-refractivity contribution in [3.63, 3.8) is 0 Å². The molecule has 80 valence electrons. The van der Waals surface area contributed by atoms with Crippen molar-refractivity contribution >= 4 is 34.6 Å². The molecule has 0 fully saturated rings. The third-order valence-electron chi connectivity index (χ3n) is 1.50. The van der Waals surface area contributed by atoms with Gasteiger partial charge < -0.3 is 0 Å². The van der Waals surface area contributed by atoms with E-state index >= 15 is 0 Å². The largest absolute Gasteiger partial charge is 0.309 e. The molecule has 1 aromatic heterocycles. The van der Waals surface area contributed by atoms with E-state index in [-0.39, 0.29) is 15.6 Å². The van der Waals surface area contributed by atoms with Gasteiger partial charge in [0.2, 0.25) is 0 Å². The number of carbonyl (C=O) groups is 1. The molecule has 0 spiro atoms. The Bertz CT molecular complexity index is 425. The summed E-state index contributed by atoms with van der Waals surface area (Å²) in [6.07, 6.45) is -2.82. The van der Waals surface area contributed by atoms with Crippen LogP contribution in [0.3, 0.4) is 0 Å². The third-order valence-corrected chi connectivity index (χ3v) is 2.33. The van der Waals surface area contributed by atoms with Crippen molar-refractivity contribution in [1.82, 2.24) is 4.98 Å². The molecule has 5 nitrogen and oxygen atoms in total. The van der Waals surface area contributed by atoms with Crippen molar-refractivity contribution in [3.8, 4) is 0 Å². The maximum absolute atomic E-state index is 12.4. The van der Waals surface area contributed by atoms with Gasteiger partial charge in [0.1, 0.15) is 5.69 Å². The molecule has 8 heteroatoms. The third kappa shape index (κ3) is 2.43. The molecule has 0 bridgehead atoms. The van der Waals surface area contributed by atoms with E-state index in [1.165, 1.54) is 22.6 Å². The van der Waals surface area contributed by atoms with Gasteiger partial charge in [-0.1, -0.05) is 0 Å². The second kappa shape index (κ2) is 4.55. The highest BCUT2D eigenvalue weighted by atomic mass is 127. The quantitative estimate of drug-likeness (QED) is 0.369. The summed E-state index contributed by atoms with van der Waals surface area (Å²) in [5, 5.41) is 10.5. The first-order valence-corrected chi connectivity index (χ1v) is 4.63. The first kappa shape index (κ1) is 11.9. The minimum Gasteiger partial charge on any atom is -0.296 e. The van der Waals surface area contributed by atoms with Crippen molar-refractivity contribution in [3.05, 3.63) is 31.1 Å². The van der Waals surface area contributed by atoms with Crippen LogP contribution in [0.4, 0.5) is 14.5 Å². The number of hydrogen-bond acceptors (Lipinski definition) is 4. The SMILES string of the molecule is O=Cc1cc(I)c([N+](=O)[O-])c(C(F)F)n1. The Hall–Kier alpha value is -1.19. The van der Waals surface area contributed by atoms with E-state index in [9.17, 15) is 23.7 Å². The summed E-state index contributed by atoms with van der Waals surface area (Å²) in [7, 11) is 0. The van der Waals surface area contributed by atoms with Crippen molar-refractivity contribution in [2.24, 2.45) is 0 Å². The Morgan fingerprint density at radius 2 is 2.20 bits per heavy atom. The van der Waals surface area contributed by atoms with Crippen molar-refractivity contribution in [2.75, 3.05) is 0 Å². The second-order valence-electron chi connectivity index (χ2n) is 2.44. The van der Waals surface area contributed by atoms with Gasteiger partial charge in [0.25, 0.3) is 6.43 Å². The predicted octanol–water partition coefficient (Wildman–Crippen LogP) is 2.34. The number of aldehydes is 1. The lowest BCUT2D eigenvalue weighted by atomic mass is 10.2. The van der Waals surface area contributed by atoms with Crippen LogP contribution in [-0.2, 0) is 0 Å². The number of aromatic nitrogens is 1. The lowest BCUT2D eigenvalue weighted by Gasteiger charge is -2.03. The van der Waals surface area contributed by atoms with Crippen LogP contribution in [0.2, 0.25) is 0 Å². The lowest BCUT2D eigenvalue weighted by Crippen LogP contribution is -2.04. The molecule has 1 heterocycles. The topological polar surface area (TPSA) is 73.1 Å². The predicted molar refractivity (Wildman–Crippen MR) is 54.0 cm³/mol. The molecule has 0 saturated carbocycles. The Labute approximate surface area is 95.8 Å². The molecule has 0 saturated heterocycles. The van der Waals surface area contributed by atoms with Gasteiger partial charge in [-0.15, -0.1) is 0 Å². The maximum Gasteiger partial charge on any atom is 0.309 e. The van der Waals surface area contributed by atoms with Gasteiger partial charge in [-0.2, -0.15) is 0 Å². The van der Waals surface area contributed by atoms with E-state index in [1.807, 2.05) is 0 Å². The van der Waals surface area contributed by atoms with E-state index in [0.717, 1.165) is 6.07 Å². The van der Waals surface area contributed by atoms with E-state index in [2.05, 4.69) is 4.98 Å². The molecule has 0 atom stereocenters. The molecular weight excluding hydrogens is 325 g/mol. The Balaban J connectivity index is 3.49. The number of carbonyl (C=O) groups excluding carboxylic acids is 1. The Morgan fingerprint density at radius 1 is 1.60 bits per heavy atom. The maximum atomic E-state index is 12.4. The summed E-state index contributed by atoms with van der Waals surface area (Å²) < 4.78 is 24.8. The van der Waals surface area contributed by atoms with Crippen LogP contribution in [0, 0.1) is 13.7 Å². The van der Waals surface area contributed by atoms with Crippen molar-refractivity contribution < 1.29 is 18.5 Å². The van der Waals surface area contributed by atoms with E-state index in [0.29, 0.717) is 0 Å². The number of nitro groups is 1. The van der Waals surface area contributed by atoms with Gasteiger partial charge >= 0.3 is 5.69 Å². The number of hydrogen-bond donors (Lipinski definition) is 0. The van der Waals surface area contributed by atoms with Crippen molar-refractivity contribution in [2.45, 2.75) is 6.43 Å². The zero-order valence-corrected chi connectivity index (χ0v) is 9.14. The molecule has 0 aromatic carbocycles. The molecule has 1 rings (SSSR count). The van der Waals surface area contributed by atoms with E-state index in [1.54, 1.807) is 0 Å². The average molecular weight is 328 g/mol. The van der Waals surface area contributed by atoms with Crippen molar-refractivity contribution in [1.29, 1.82) is 0 Å². The van der Waals surface area contributed by atoms with Crippen LogP contribution >= 0.6 is 22.6 Å². The fourth-order valence-corrected chi connectivity index (χ4v) is 1.73. The van der Waals surface area contributed by atoms with Crippen LogP contribution in [0.5, 0.6) is 0 Å². The van der Waals surface area contributed by atoms with Gasteiger partial charge in [-0.25, -0.2) is 13.8 Å². The zero-order chi connectivity index (χ0) is 11.6. The fourth-order valence-electron chi connectivity index (χ4n) is 0.938. The number of nitrogens with zero attached hydrogens (tertiary/aromatic N) is 2. The van der Waals surface area contributed by atoms with Gasteiger partial charge in [0, 0.05) is 0 Å². The highest BCUT2D eigenvalue weighted by Gasteiger charge is 2.27. The van der Waals surface area contributed by atoms with Crippen LogP contribution in [-0.4, -0.2) is 16.2 Å². The first-order valence-electron chi connectivity index (χ1n) is 3.55. The number of rotatable bonds is 3. The van der Waals surface area contributed by atoms with Crippen LogP contribution < -0.4 is 0 Å². The minimum absolute atomic E-state index is 0.0370. The molecule has 0 aliphatic carbocycles. The summed E-state index contributed by atoms with van der Waals surface area (Å²) in [5.74, 6) is 0. The standard InChI is InChI=1S/C7H3F2IN2O3/c8-7(9)5-6(12(14)15)4(10)1-3(2-13)11-5/h1-2,7H. The first-order chi connectivity index (χ1) is 6.97. The van der Waals surface area contributed by atoms with E-state index in [4.69, 9.17) is 0 Å². The molecule has 1 aromatic rings. The molecule has 0 aliphatic heterocycles. The Kier molecular flexibility index (Phi) is 3.61. The van der Waals surface area contributed by atoms with Gasteiger partial charge in [-0.05, 0) is 28.7 Å². The molecule has 0 amide bonds. The summed E-state index contributed by atoms with van der Waals surface area (Å²) >= 11 is 1.51. The minimum atomic E-state index is -3.08. The molecule has 0 aliphatic rings. The van der Waals surface area contributed by atoms with E-state index < -0.39 is 22.7 Å². The number of halogens is 3. The summed E-state index contributed by atoms with van der Waals surface area (Å²) in [6, 6.07) is 1.08. The van der Waals surface area contributed by atoms with Gasteiger partial charge in [0.15, 0.2) is 12.0 Å². The lowest BCUT2D eigenvalue weighted by molar-refractivity contribution is -0.387. The highest BCUT2D eigenvalue weighted by molar-refractivity contribution is 14.1. The summed E-state index contributed by atoms with van der Waals surface area (Å²) in [5.41, 5.74) is -1.98. The molecule has 0 N–H and O–H groups in total. The Morgan fingerprint density at radius 3 is 2.60 bits per heavy atom. The summed E-state index contributed by atoms with van der Waals surface area (Å²) in [4.78, 5) is 23.1. The molecular formula is C7H3F2IN2O3. The normalized spacial score (nSPS) is 10.4. The van der Waals surface area contributed by atoms with Gasteiger partial charge in [-0.3, -0.25) is 14.9 Å². The fraction of sp³-hybridized carbons (Fsp3) is 0.143. The smallest absolute Gasteiger partial charge is 0.296 e. The second-order valence-corrected chi connectivity index (χ2v) is 3.60. The number of pyridine rings is 1. The highest BCUT2D eigenvalue weighted by Crippen LogP contribution is 2.31. The number of alkyl halides is 2.